The van der Waals surface area contributed by atoms with E-state index in [2.05, 4.69) is 6.92 Å². The van der Waals surface area contributed by atoms with Gasteiger partial charge in [0, 0.05) is 6.42 Å². The summed E-state index contributed by atoms with van der Waals surface area (Å²) in [5.41, 5.74) is 5.46. The molecule has 0 aromatic carbocycles. The lowest BCUT2D eigenvalue weighted by molar-refractivity contribution is -0.137. The summed E-state index contributed by atoms with van der Waals surface area (Å²) in [5, 5.41) is 8.37. The van der Waals surface area contributed by atoms with Crippen molar-refractivity contribution in [3.63, 3.8) is 0 Å². The van der Waals surface area contributed by atoms with Gasteiger partial charge in [-0.1, -0.05) is 6.92 Å². The molecule has 0 aliphatic carbocycles. The maximum absolute atomic E-state index is 10.2. The van der Waals surface area contributed by atoms with Crippen LogP contribution in [0.4, 0.5) is 0 Å². The monoisotopic (exact) mass is 205 g/mol. The van der Waals surface area contributed by atoms with Crippen LogP contribution in [0.2, 0.25) is 0 Å². The number of aliphatic carboxylic acids is 1. The topological polar surface area (TPSA) is 63.3 Å². The molecule has 0 heterocycles. The van der Waals surface area contributed by atoms with Gasteiger partial charge in [-0.2, -0.15) is 11.8 Å². The average molecular weight is 205 g/mol. The SMILES string of the molecule is CC(CN)CSCCCCC(=O)O. The van der Waals surface area contributed by atoms with Gasteiger partial charge in [0.2, 0.25) is 0 Å². The van der Waals surface area contributed by atoms with Gasteiger partial charge >= 0.3 is 5.97 Å². The summed E-state index contributed by atoms with van der Waals surface area (Å²) in [5.74, 6) is 2.02. The van der Waals surface area contributed by atoms with E-state index in [9.17, 15) is 4.79 Å². The molecule has 78 valence electrons. The van der Waals surface area contributed by atoms with Crippen molar-refractivity contribution in [3.05, 3.63) is 0 Å². The summed E-state index contributed by atoms with van der Waals surface area (Å²) in [6, 6.07) is 0. The predicted octanol–water partition coefficient (Wildman–Crippen LogP) is 1.57. The molecule has 0 saturated heterocycles. The van der Waals surface area contributed by atoms with Gasteiger partial charge in [0.25, 0.3) is 0 Å². The van der Waals surface area contributed by atoms with Crippen molar-refractivity contribution in [2.75, 3.05) is 18.1 Å². The van der Waals surface area contributed by atoms with Crippen LogP contribution in [0.15, 0.2) is 0 Å². The minimum Gasteiger partial charge on any atom is -0.481 e. The summed E-state index contributed by atoms with van der Waals surface area (Å²) in [4.78, 5) is 10.2. The van der Waals surface area contributed by atoms with E-state index in [0.29, 0.717) is 12.3 Å². The first-order valence-corrected chi connectivity index (χ1v) is 5.82. The first kappa shape index (κ1) is 12.8. The number of hydrogen-bond donors (Lipinski definition) is 2. The minimum atomic E-state index is -0.694. The predicted molar refractivity (Wildman–Crippen MR) is 57.0 cm³/mol. The van der Waals surface area contributed by atoms with Crippen molar-refractivity contribution in [3.8, 4) is 0 Å². The zero-order valence-corrected chi connectivity index (χ0v) is 8.98. The normalized spacial score (nSPS) is 12.8. The molecule has 0 bridgehead atoms. The molecule has 0 aliphatic heterocycles. The molecule has 1 atom stereocenters. The maximum Gasteiger partial charge on any atom is 0.303 e. The molecule has 13 heavy (non-hydrogen) atoms. The van der Waals surface area contributed by atoms with Crippen LogP contribution >= 0.6 is 11.8 Å². The van der Waals surface area contributed by atoms with Crippen LogP contribution in [0.25, 0.3) is 0 Å². The summed E-state index contributed by atoms with van der Waals surface area (Å²) in [6.07, 6.45) is 2.08. The van der Waals surface area contributed by atoms with Gasteiger partial charge in [-0.3, -0.25) is 4.79 Å². The van der Waals surface area contributed by atoms with Crippen molar-refractivity contribution in [1.82, 2.24) is 0 Å². The maximum atomic E-state index is 10.2. The fourth-order valence-corrected chi connectivity index (χ4v) is 1.95. The molecule has 0 spiro atoms. The Bertz CT molecular complexity index is 142. The molecule has 0 amide bonds. The van der Waals surface area contributed by atoms with E-state index in [0.717, 1.165) is 30.9 Å². The molecule has 0 aromatic rings. The van der Waals surface area contributed by atoms with Crippen molar-refractivity contribution < 1.29 is 9.90 Å². The lowest BCUT2D eigenvalue weighted by atomic mass is 10.2. The van der Waals surface area contributed by atoms with Crippen LogP contribution in [0.3, 0.4) is 0 Å². The number of hydrogen-bond acceptors (Lipinski definition) is 3. The number of carboxylic acids is 1. The Labute approximate surface area is 84.1 Å². The van der Waals surface area contributed by atoms with E-state index in [1.54, 1.807) is 0 Å². The van der Waals surface area contributed by atoms with Crippen LogP contribution in [0.5, 0.6) is 0 Å². The highest BCUT2D eigenvalue weighted by Crippen LogP contribution is 2.10. The minimum absolute atomic E-state index is 0.299. The highest BCUT2D eigenvalue weighted by atomic mass is 32.2. The summed E-state index contributed by atoms with van der Waals surface area (Å²) in [7, 11) is 0. The second kappa shape index (κ2) is 8.38. The van der Waals surface area contributed by atoms with E-state index < -0.39 is 5.97 Å². The molecule has 1 unspecified atom stereocenters. The quantitative estimate of drug-likeness (QED) is 0.590. The number of nitrogens with two attached hydrogens (primary N) is 1. The van der Waals surface area contributed by atoms with E-state index in [1.165, 1.54) is 0 Å². The number of carbonyl (C=O) groups is 1. The fraction of sp³-hybridized carbons (Fsp3) is 0.889. The van der Waals surface area contributed by atoms with E-state index in [-0.39, 0.29) is 0 Å². The molecule has 3 N–H and O–H groups in total. The van der Waals surface area contributed by atoms with Crippen LogP contribution in [0, 0.1) is 5.92 Å². The fourth-order valence-electron chi connectivity index (χ4n) is 0.833. The van der Waals surface area contributed by atoms with E-state index >= 15 is 0 Å². The van der Waals surface area contributed by atoms with Gasteiger partial charge in [-0.15, -0.1) is 0 Å². The summed E-state index contributed by atoms with van der Waals surface area (Å²) >= 11 is 1.86. The highest BCUT2D eigenvalue weighted by Gasteiger charge is 1.99. The smallest absolute Gasteiger partial charge is 0.303 e. The van der Waals surface area contributed by atoms with E-state index in [4.69, 9.17) is 10.8 Å². The molecular formula is C9H19NO2S. The zero-order valence-electron chi connectivity index (χ0n) is 8.16. The third kappa shape index (κ3) is 9.70. The third-order valence-electron chi connectivity index (χ3n) is 1.73. The zero-order chi connectivity index (χ0) is 10.1. The highest BCUT2D eigenvalue weighted by molar-refractivity contribution is 7.99. The Morgan fingerprint density at radius 1 is 1.54 bits per heavy atom. The van der Waals surface area contributed by atoms with Gasteiger partial charge < -0.3 is 10.8 Å². The van der Waals surface area contributed by atoms with Crippen LogP contribution in [-0.4, -0.2) is 29.1 Å². The summed E-state index contributed by atoms with van der Waals surface area (Å²) < 4.78 is 0. The Kier molecular flexibility index (Phi) is 8.24. The Hall–Kier alpha value is -0.220. The number of thioether (sulfide) groups is 1. The van der Waals surface area contributed by atoms with E-state index in [1.807, 2.05) is 11.8 Å². The molecule has 4 heteroatoms. The molecule has 0 aliphatic rings. The molecule has 0 fully saturated rings. The largest absolute Gasteiger partial charge is 0.481 e. The number of carboxylic acid groups (broad SMARTS) is 1. The standard InChI is InChI=1S/C9H19NO2S/c1-8(6-10)7-13-5-3-2-4-9(11)12/h8H,2-7,10H2,1H3,(H,11,12). The molecule has 0 rings (SSSR count). The lowest BCUT2D eigenvalue weighted by Crippen LogP contribution is -2.12. The third-order valence-corrected chi connectivity index (χ3v) is 3.12. The molecule has 0 aromatic heterocycles. The Morgan fingerprint density at radius 3 is 2.77 bits per heavy atom. The van der Waals surface area contributed by atoms with Crippen molar-refractivity contribution >= 4 is 17.7 Å². The molecule has 3 nitrogen and oxygen atoms in total. The van der Waals surface area contributed by atoms with Crippen LogP contribution < -0.4 is 5.73 Å². The Balaban J connectivity index is 3.04. The first-order valence-electron chi connectivity index (χ1n) is 4.66. The second-order valence-corrected chi connectivity index (χ2v) is 4.42. The lowest BCUT2D eigenvalue weighted by Gasteiger charge is -2.06. The number of unbranched alkanes of at least 4 members (excludes halogenated alkanes) is 1. The molecular weight excluding hydrogens is 186 g/mol. The van der Waals surface area contributed by atoms with Crippen LogP contribution in [0.1, 0.15) is 26.2 Å². The van der Waals surface area contributed by atoms with Crippen molar-refractivity contribution in [1.29, 1.82) is 0 Å². The first-order chi connectivity index (χ1) is 6.16. The Morgan fingerprint density at radius 2 is 2.23 bits per heavy atom. The van der Waals surface area contributed by atoms with Gasteiger partial charge in [0.05, 0.1) is 0 Å². The average Bonchev–Trinajstić information content (AvgIpc) is 2.10. The van der Waals surface area contributed by atoms with Crippen molar-refractivity contribution in [2.45, 2.75) is 26.2 Å². The van der Waals surface area contributed by atoms with Gasteiger partial charge in [0.15, 0.2) is 0 Å². The second-order valence-electron chi connectivity index (χ2n) is 3.27. The molecule has 0 radical (unpaired) electrons. The van der Waals surface area contributed by atoms with Gasteiger partial charge in [-0.05, 0) is 36.8 Å². The number of rotatable bonds is 8. The van der Waals surface area contributed by atoms with Gasteiger partial charge in [-0.25, -0.2) is 0 Å². The van der Waals surface area contributed by atoms with Crippen molar-refractivity contribution in [2.24, 2.45) is 11.7 Å². The van der Waals surface area contributed by atoms with Crippen LogP contribution in [-0.2, 0) is 4.79 Å². The van der Waals surface area contributed by atoms with Gasteiger partial charge in [0.1, 0.15) is 0 Å². The summed E-state index contributed by atoms with van der Waals surface area (Å²) in [6.45, 7) is 2.87. The molecule has 0 saturated carbocycles.